The Morgan fingerprint density at radius 2 is 1.53 bits per heavy atom. The first-order valence-electron chi connectivity index (χ1n) is 6.19. The molecule has 100 valence electrons. The minimum atomic E-state index is -0.597. The number of rotatable bonds is 2. The van der Waals surface area contributed by atoms with Gasteiger partial charge in [-0.05, 0) is 35.2 Å². The third kappa shape index (κ3) is 3.31. The van der Waals surface area contributed by atoms with E-state index >= 15 is 0 Å². The third-order valence-electron chi connectivity index (χ3n) is 2.96. The lowest BCUT2D eigenvalue weighted by molar-refractivity contribution is 0.585. The predicted octanol–water partition coefficient (Wildman–Crippen LogP) is 5.01. The molecule has 2 aromatic rings. The first-order chi connectivity index (χ1) is 8.86. The summed E-state index contributed by atoms with van der Waals surface area (Å²) < 4.78 is 26.3. The van der Waals surface area contributed by atoms with Crippen LogP contribution in [0, 0.1) is 11.6 Å². The van der Waals surface area contributed by atoms with Gasteiger partial charge in [-0.25, -0.2) is 8.78 Å². The van der Waals surface area contributed by atoms with Gasteiger partial charge in [0.05, 0.1) is 5.69 Å². The van der Waals surface area contributed by atoms with Crippen LogP contribution in [-0.2, 0) is 5.41 Å². The molecule has 1 N–H and O–H groups in total. The normalized spacial score (nSPS) is 11.4. The van der Waals surface area contributed by atoms with Crippen molar-refractivity contribution in [2.45, 2.75) is 26.2 Å². The molecule has 0 heterocycles. The third-order valence-corrected chi connectivity index (χ3v) is 2.96. The van der Waals surface area contributed by atoms with Crippen LogP contribution in [-0.4, -0.2) is 0 Å². The lowest BCUT2D eigenvalue weighted by Crippen LogP contribution is -2.10. The Bertz CT molecular complexity index is 568. The fraction of sp³-hybridized carbons (Fsp3) is 0.250. The molecule has 0 atom stereocenters. The van der Waals surface area contributed by atoms with Crippen LogP contribution < -0.4 is 5.32 Å². The van der Waals surface area contributed by atoms with Gasteiger partial charge in [-0.15, -0.1) is 0 Å². The quantitative estimate of drug-likeness (QED) is 0.801. The van der Waals surface area contributed by atoms with Crippen LogP contribution in [0.1, 0.15) is 26.3 Å². The van der Waals surface area contributed by atoms with Gasteiger partial charge in [0, 0.05) is 11.8 Å². The Hall–Kier alpha value is -1.90. The lowest BCUT2D eigenvalue weighted by atomic mass is 9.87. The molecule has 0 aliphatic rings. The molecule has 0 aliphatic heterocycles. The average Bonchev–Trinajstić information content (AvgIpc) is 2.32. The molecule has 0 saturated carbocycles. The zero-order valence-electron chi connectivity index (χ0n) is 11.3. The number of nitrogens with one attached hydrogen (secondary N) is 1. The second-order valence-electron chi connectivity index (χ2n) is 5.58. The topological polar surface area (TPSA) is 12.0 Å². The minimum absolute atomic E-state index is 0.0830. The summed E-state index contributed by atoms with van der Waals surface area (Å²) in [5, 5.41) is 2.94. The molecule has 2 rings (SSSR count). The first-order valence-corrected chi connectivity index (χ1v) is 6.19. The smallest absolute Gasteiger partial charge is 0.149 e. The molecule has 0 bridgehead atoms. The van der Waals surface area contributed by atoms with Gasteiger partial charge in [0.25, 0.3) is 0 Å². The van der Waals surface area contributed by atoms with E-state index in [-0.39, 0.29) is 11.1 Å². The van der Waals surface area contributed by atoms with Crippen molar-refractivity contribution in [1.82, 2.24) is 0 Å². The Morgan fingerprint density at radius 1 is 0.895 bits per heavy atom. The van der Waals surface area contributed by atoms with E-state index in [0.717, 1.165) is 11.8 Å². The van der Waals surface area contributed by atoms with Crippen molar-refractivity contribution in [3.05, 3.63) is 59.7 Å². The molecule has 0 radical (unpaired) electrons. The summed E-state index contributed by atoms with van der Waals surface area (Å²) in [5.74, 6) is -1.17. The summed E-state index contributed by atoms with van der Waals surface area (Å²) in [6.45, 7) is 6.40. The molecule has 2 aromatic carbocycles. The molecular weight excluding hydrogens is 244 g/mol. The summed E-state index contributed by atoms with van der Waals surface area (Å²) in [5.41, 5.74) is 2.33. The van der Waals surface area contributed by atoms with E-state index in [0.29, 0.717) is 0 Å². The highest BCUT2D eigenvalue weighted by molar-refractivity contribution is 5.60. The van der Waals surface area contributed by atoms with Gasteiger partial charge in [-0.2, -0.15) is 0 Å². The monoisotopic (exact) mass is 261 g/mol. The summed E-state index contributed by atoms with van der Waals surface area (Å²) >= 11 is 0. The highest BCUT2D eigenvalue weighted by Gasteiger charge is 2.13. The second-order valence-corrected chi connectivity index (χ2v) is 5.58. The molecule has 0 saturated heterocycles. The van der Waals surface area contributed by atoms with Crippen molar-refractivity contribution in [2.75, 3.05) is 5.32 Å². The number of hydrogen-bond donors (Lipinski definition) is 1. The molecule has 19 heavy (non-hydrogen) atoms. The highest BCUT2D eigenvalue weighted by Crippen LogP contribution is 2.25. The van der Waals surface area contributed by atoms with Crippen LogP contribution in [0.3, 0.4) is 0 Å². The van der Waals surface area contributed by atoms with Crippen LogP contribution in [0.4, 0.5) is 20.2 Å². The molecule has 0 fully saturated rings. The lowest BCUT2D eigenvalue weighted by Gasteiger charge is -2.19. The first kappa shape index (κ1) is 13.5. The molecule has 0 unspecified atom stereocenters. The number of halogens is 2. The van der Waals surface area contributed by atoms with E-state index in [9.17, 15) is 8.78 Å². The second kappa shape index (κ2) is 5.00. The fourth-order valence-electron chi connectivity index (χ4n) is 1.80. The van der Waals surface area contributed by atoms with E-state index in [1.54, 1.807) is 0 Å². The van der Waals surface area contributed by atoms with E-state index in [2.05, 4.69) is 26.1 Å². The number of anilines is 2. The average molecular weight is 261 g/mol. The van der Waals surface area contributed by atoms with Crippen LogP contribution in [0.5, 0.6) is 0 Å². The van der Waals surface area contributed by atoms with Gasteiger partial charge in [0.1, 0.15) is 11.6 Å². The highest BCUT2D eigenvalue weighted by atomic mass is 19.1. The zero-order valence-corrected chi connectivity index (χ0v) is 11.3. The molecular formula is C16H17F2N. The van der Waals surface area contributed by atoms with E-state index < -0.39 is 11.6 Å². The minimum Gasteiger partial charge on any atom is -0.353 e. The van der Waals surface area contributed by atoms with Gasteiger partial charge in [-0.1, -0.05) is 32.9 Å². The van der Waals surface area contributed by atoms with E-state index in [1.165, 1.54) is 17.7 Å². The van der Waals surface area contributed by atoms with Crippen molar-refractivity contribution < 1.29 is 8.78 Å². The summed E-state index contributed by atoms with van der Waals surface area (Å²) in [4.78, 5) is 0. The zero-order chi connectivity index (χ0) is 14.0. The largest absolute Gasteiger partial charge is 0.353 e. The fourth-order valence-corrected chi connectivity index (χ4v) is 1.80. The van der Waals surface area contributed by atoms with Gasteiger partial charge in [0.15, 0.2) is 0 Å². The van der Waals surface area contributed by atoms with Crippen molar-refractivity contribution in [3.8, 4) is 0 Å². The summed E-state index contributed by atoms with van der Waals surface area (Å²) in [6.07, 6.45) is 0. The van der Waals surface area contributed by atoms with Crippen molar-refractivity contribution >= 4 is 11.4 Å². The number of hydrogen-bond acceptors (Lipinski definition) is 1. The van der Waals surface area contributed by atoms with E-state index in [4.69, 9.17) is 0 Å². The van der Waals surface area contributed by atoms with Crippen molar-refractivity contribution in [3.63, 3.8) is 0 Å². The Morgan fingerprint density at radius 3 is 2.05 bits per heavy atom. The molecule has 0 spiro atoms. The maximum atomic E-state index is 13.5. The van der Waals surface area contributed by atoms with Crippen LogP contribution in [0.25, 0.3) is 0 Å². The summed E-state index contributed by atoms with van der Waals surface area (Å²) in [6, 6.07) is 11.3. The summed E-state index contributed by atoms with van der Waals surface area (Å²) in [7, 11) is 0. The standard InChI is InChI=1S/C16H17F2N/c1-16(2,3)11-4-7-13(8-5-11)19-15-9-6-12(17)10-14(15)18/h4-10,19H,1-3H3. The Kier molecular flexibility index (Phi) is 3.56. The van der Waals surface area contributed by atoms with Crippen molar-refractivity contribution in [1.29, 1.82) is 0 Å². The van der Waals surface area contributed by atoms with Crippen LogP contribution in [0.2, 0.25) is 0 Å². The number of benzene rings is 2. The molecule has 3 heteroatoms. The molecule has 0 aromatic heterocycles. The van der Waals surface area contributed by atoms with Gasteiger partial charge >= 0.3 is 0 Å². The molecule has 1 nitrogen and oxygen atoms in total. The van der Waals surface area contributed by atoms with Crippen molar-refractivity contribution in [2.24, 2.45) is 0 Å². The maximum Gasteiger partial charge on any atom is 0.149 e. The van der Waals surface area contributed by atoms with Crippen LogP contribution >= 0.6 is 0 Å². The van der Waals surface area contributed by atoms with Crippen LogP contribution in [0.15, 0.2) is 42.5 Å². The van der Waals surface area contributed by atoms with Gasteiger partial charge in [0.2, 0.25) is 0 Å². The molecule has 0 aliphatic carbocycles. The predicted molar refractivity (Wildman–Crippen MR) is 74.8 cm³/mol. The molecule has 0 amide bonds. The SMILES string of the molecule is CC(C)(C)c1ccc(Nc2ccc(F)cc2F)cc1. The van der Waals surface area contributed by atoms with E-state index in [1.807, 2.05) is 24.3 Å². The maximum absolute atomic E-state index is 13.5. The van der Waals surface area contributed by atoms with Gasteiger partial charge in [-0.3, -0.25) is 0 Å². The van der Waals surface area contributed by atoms with Gasteiger partial charge < -0.3 is 5.32 Å². The Labute approximate surface area is 112 Å². The Balaban J connectivity index is 2.20.